The fourth-order valence-electron chi connectivity index (χ4n) is 3.31. The summed E-state index contributed by atoms with van der Waals surface area (Å²) < 4.78 is 0. The zero-order valence-corrected chi connectivity index (χ0v) is 18.3. The van der Waals surface area contributed by atoms with E-state index >= 15 is 0 Å². The molecule has 5 heteroatoms. The van der Waals surface area contributed by atoms with Crippen molar-refractivity contribution in [3.8, 4) is 0 Å². The first kappa shape index (κ1) is 23.0. The molecule has 0 saturated carbocycles. The Morgan fingerprint density at radius 1 is 1.07 bits per heavy atom. The predicted octanol–water partition coefficient (Wildman–Crippen LogP) is 4.91. The van der Waals surface area contributed by atoms with E-state index in [-0.39, 0.29) is 18.2 Å². The van der Waals surface area contributed by atoms with E-state index in [4.69, 9.17) is 11.6 Å². The normalized spacial score (nSPS) is 11.7. The van der Waals surface area contributed by atoms with E-state index in [1.807, 2.05) is 44.2 Å². The molecule has 1 atom stereocenters. The van der Waals surface area contributed by atoms with E-state index in [0.717, 1.165) is 29.5 Å². The number of aryl methyl sites for hydroxylation is 1. The molecule has 0 unspecified atom stereocenters. The lowest BCUT2D eigenvalue weighted by atomic mass is 10.1. The first-order chi connectivity index (χ1) is 13.9. The fraction of sp³-hybridized carbons (Fsp3) is 0.417. The third-order valence-corrected chi connectivity index (χ3v) is 5.17. The number of nitrogens with one attached hydrogen (secondary N) is 1. The Morgan fingerprint density at radius 3 is 2.41 bits per heavy atom. The van der Waals surface area contributed by atoms with Crippen LogP contribution in [0.15, 0.2) is 48.5 Å². The van der Waals surface area contributed by atoms with Crippen molar-refractivity contribution in [2.24, 2.45) is 0 Å². The highest BCUT2D eigenvalue weighted by Crippen LogP contribution is 2.17. The number of benzene rings is 2. The molecule has 156 valence electrons. The van der Waals surface area contributed by atoms with Crippen LogP contribution in [0.3, 0.4) is 0 Å². The van der Waals surface area contributed by atoms with Crippen LogP contribution in [0.1, 0.15) is 49.8 Å². The van der Waals surface area contributed by atoms with E-state index in [9.17, 15) is 9.59 Å². The molecule has 0 spiro atoms. The molecule has 0 aromatic heterocycles. The van der Waals surface area contributed by atoms with Crippen molar-refractivity contribution in [1.82, 2.24) is 10.2 Å². The van der Waals surface area contributed by atoms with Crippen LogP contribution in [-0.2, 0) is 22.6 Å². The Balaban J connectivity index is 2.23. The zero-order chi connectivity index (χ0) is 21.2. The van der Waals surface area contributed by atoms with Crippen molar-refractivity contribution in [2.45, 2.75) is 59.0 Å². The highest BCUT2D eigenvalue weighted by Gasteiger charge is 2.28. The topological polar surface area (TPSA) is 49.4 Å². The molecule has 2 amide bonds. The summed E-state index contributed by atoms with van der Waals surface area (Å²) in [6.45, 7) is 7.10. The van der Waals surface area contributed by atoms with Gasteiger partial charge in [0.15, 0.2) is 0 Å². The molecule has 29 heavy (non-hydrogen) atoms. The Labute approximate surface area is 179 Å². The molecule has 0 fully saturated rings. The molecule has 0 heterocycles. The number of carbonyl (C=O) groups excluding carboxylic acids is 2. The molecule has 0 saturated heterocycles. The van der Waals surface area contributed by atoms with Gasteiger partial charge in [0.25, 0.3) is 0 Å². The first-order valence-corrected chi connectivity index (χ1v) is 10.7. The van der Waals surface area contributed by atoms with Crippen molar-refractivity contribution < 1.29 is 9.59 Å². The van der Waals surface area contributed by atoms with Crippen molar-refractivity contribution >= 4 is 23.4 Å². The van der Waals surface area contributed by atoms with Crippen LogP contribution in [0, 0.1) is 6.92 Å². The van der Waals surface area contributed by atoms with Gasteiger partial charge in [-0.1, -0.05) is 73.8 Å². The maximum absolute atomic E-state index is 13.2. The smallest absolute Gasteiger partial charge is 0.242 e. The quantitative estimate of drug-likeness (QED) is 0.561. The third kappa shape index (κ3) is 7.21. The molecule has 4 nitrogen and oxygen atoms in total. The Hall–Kier alpha value is -2.33. The van der Waals surface area contributed by atoms with Crippen LogP contribution in [-0.4, -0.2) is 29.3 Å². The van der Waals surface area contributed by atoms with E-state index in [1.54, 1.807) is 17.0 Å². The van der Waals surface area contributed by atoms with Crippen molar-refractivity contribution in [1.29, 1.82) is 0 Å². The number of amides is 2. The molecule has 2 rings (SSSR count). The highest BCUT2D eigenvalue weighted by molar-refractivity contribution is 6.30. The van der Waals surface area contributed by atoms with Crippen LogP contribution in [0.25, 0.3) is 0 Å². The third-order valence-electron chi connectivity index (χ3n) is 4.92. The summed E-state index contributed by atoms with van der Waals surface area (Å²) in [6, 6.07) is 14.8. The van der Waals surface area contributed by atoms with Gasteiger partial charge in [-0.15, -0.1) is 0 Å². The molecule has 0 aliphatic rings. The Bertz CT molecular complexity index is 805. The second-order valence-electron chi connectivity index (χ2n) is 7.38. The lowest BCUT2D eigenvalue weighted by Gasteiger charge is -2.31. The summed E-state index contributed by atoms with van der Waals surface area (Å²) in [5, 5.41) is 3.63. The van der Waals surface area contributed by atoms with Gasteiger partial charge in [-0.05, 0) is 43.0 Å². The number of hydrogen-bond donors (Lipinski definition) is 1. The van der Waals surface area contributed by atoms with Gasteiger partial charge in [0, 0.05) is 18.1 Å². The SMILES string of the molecule is CCCCNC(=O)[C@H](CC)N(Cc1cccc(C)c1)C(=O)Cc1ccc(Cl)cc1. The van der Waals surface area contributed by atoms with Crippen LogP contribution < -0.4 is 5.32 Å². The molecule has 0 aliphatic heterocycles. The monoisotopic (exact) mass is 414 g/mol. The molecule has 1 N–H and O–H groups in total. The number of unbranched alkanes of at least 4 members (excludes halogenated alkanes) is 1. The van der Waals surface area contributed by atoms with Gasteiger partial charge in [-0.25, -0.2) is 0 Å². The first-order valence-electron chi connectivity index (χ1n) is 10.3. The number of carbonyl (C=O) groups is 2. The number of rotatable bonds is 10. The minimum absolute atomic E-state index is 0.0636. The summed E-state index contributed by atoms with van der Waals surface area (Å²) >= 11 is 5.96. The molecule has 0 radical (unpaired) electrons. The number of nitrogens with zero attached hydrogens (tertiary/aromatic N) is 1. The van der Waals surface area contributed by atoms with Gasteiger partial charge in [0.05, 0.1) is 6.42 Å². The Kier molecular flexibility index (Phi) is 9.20. The van der Waals surface area contributed by atoms with E-state index in [0.29, 0.717) is 24.5 Å². The van der Waals surface area contributed by atoms with E-state index < -0.39 is 6.04 Å². The lowest BCUT2D eigenvalue weighted by Crippen LogP contribution is -2.49. The molecular weight excluding hydrogens is 384 g/mol. The van der Waals surface area contributed by atoms with Gasteiger partial charge < -0.3 is 10.2 Å². The summed E-state index contributed by atoms with van der Waals surface area (Å²) in [5.41, 5.74) is 3.04. The average molecular weight is 415 g/mol. The minimum atomic E-state index is -0.493. The molecular formula is C24H31ClN2O2. The van der Waals surface area contributed by atoms with Gasteiger partial charge in [-0.3, -0.25) is 9.59 Å². The second kappa shape index (κ2) is 11.6. The Morgan fingerprint density at radius 2 is 1.79 bits per heavy atom. The maximum Gasteiger partial charge on any atom is 0.242 e. The van der Waals surface area contributed by atoms with Gasteiger partial charge in [0.2, 0.25) is 11.8 Å². The second-order valence-corrected chi connectivity index (χ2v) is 7.82. The van der Waals surface area contributed by atoms with Gasteiger partial charge in [0.1, 0.15) is 6.04 Å². The lowest BCUT2D eigenvalue weighted by molar-refractivity contribution is -0.140. The maximum atomic E-state index is 13.2. The number of halogens is 1. The van der Waals surface area contributed by atoms with Crippen LogP contribution in [0.2, 0.25) is 5.02 Å². The summed E-state index contributed by atoms with van der Waals surface area (Å²) in [7, 11) is 0. The van der Waals surface area contributed by atoms with E-state index in [2.05, 4.69) is 18.3 Å². The highest BCUT2D eigenvalue weighted by atomic mass is 35.5. The van der Waals surface area contributed by atoms with Crippen molar-refractivity contribution in [2.75, 3.05) is 6.54 Å². The molecule has 2 aromatic rings. The van der Waals surface area contributed by atoms with Crippen molar-refractivity contribution in [3.63, 3.8) is 0 Å². The largest absolute Gasteiger partial charge is 0.354 e. The molecule has 2 aromatic carbocycles. The van der Waals surface area contributed by atoms with Gasteiger partial charge in [-0.2, -0.15) is 0 Å². The number of hydrogen-bond acceptors (Lipinski definition) is 2. The van der Waals surface area contributed by atoms with E-state index in [1.165, 1.54) is 0 Å². The average Bonchev–Trinajstić information content (AvgIpc) is 2.70. The summed E-state index contributed by atoms with van der Waals surface area (Å²) in [5.74, 6) is -0.149. The van der Waals surface area contributed by atoms with Crippen LogP contribution >= 0.6 is 11.6 Å². The van der Waals surface area contributed by atoms with Crippen LogP contribution in [0.4, 0.5) is 0 Å². The molecule has 0 bridgehead atoms. The van der Waals surface area contributed by atoms with Crippen LogP contribution in [0.5, 0.6) is 0 Å². The van der Waals surface area contributed by atoms with Gasteiger partial charge >= 0.3 is 0 Å². The zero-order valence-electron chi connectivity index (χ0n) is 17.6. The van der Waals surface area contributed by atoms with Crippen molar-refractivity contribution in [3.05, 3.63) is 70.2 Å². The summed E-state index contributed by atoms with van der Waals surface area (Å²) in [4.78, 5) is 27.8. The summed E-state index contributed by atoms with van der Waals surface area (Å²) in [6.07, 6.45) is 2.75. The fourth-order valence-corrected chi connectivity index (χ4v) is 3.44. The minimum Gasteiger partial charge on any atom is -0.354 e. The molecule has 0 aliphatic carbocycles. The standard InChI is InChI=1S/C24H31ClN2O2/c1-4-6-14-26-24(29)22(5-2)27(17-20-9-7-8-18(3)15-20)23(28)16-19-10-12-21(25)13-11-19/h7-13,15,22H,4-6,14,16-17H2,1-3H3,(H,26,29)/t22-/m0/s1. The predicted molar refractivity (Wildman–Crippen MR) is 119 cm³/mol.